The van der Waals surface area contributed by atoms with Crippen LogP contribution in [0, 0.1) is 5.82 Å². The quantitative estimate of drug-likeness (QED) is 0.846. The van der Waals surface area contributed by atoms with Gasteiger partial charge >= 0.3 is 0 Å². The van der Waals surface area contributed by atoms with Crippen LogP contribution in [-0.4, -0.2) is 29.8 Å². The van der Waals surface area contributed by atoms with E-state index in [1.807, 2.05) is 4.90 Å². The van der Waals surface area contributed by atoms with Gasteiger partial charge < -0.3 is 9.80 Å². The van der Waals surface area contributed by atoms with Crippen molar-refractivity contribution in [1.29, 1.82) is 0 Å². The van der Waals surface area contributed by atoms with Gasteiger partial charge in [0.1, 0.15) is 5.82 Å². The van der Waals surface area contributed by atoms with Gasteiger partial charge in [-0.15, -0.1) is 11.3 Å². The summed E-state index contributed by atoms with van der Waals surface area (Å²) in [5.41, 5.74) is 2.86. The van der Waals surface area contributed by atoms with Gasteiger partial charge in [0, 0.05) is 43.0 Å². The molecule has 0 aliphatic carbocycles. The lowest BCUT2D eigenvalue weighted by Crippen LogP contribution is -2.36. The molecule has 1 aromatic carbocycles. The van der Waals surface area contributed by atoms with Gasteiger partial charge in [-0.25, -0.2) is 4.39 Å². The Morgan fingerprint density at radius 1 is 1.04 bits per heavy atom. The lowest BCUT2D eigenvalue weighted by Gasteiger charge is -2.27. The Hall–Kier alpha value is -2.21. The van der Waals surface area contributed by atoms with Crippen LogP contribution in [-0.2, 0) is 29.0 Å². The fraction of sp³-hybridized carbons (Fsp3) is 0.368. The zero-order valence-corrected chi connectivity index (χ0v) is 14.7. The third kappa shape index (κ3) is 3.18. The van der Waals surface area contributed by atoms with Crippen molar-refractivity contribution < 1.29 is 14.0 Å². The van der Waals surface area contributed by atoms with E-state index in [1.165, 1.54) is 22.6 Å². The van der Waals surface area contributed by atoms with Gasteiger partial charge in [-0.05, 0) is 47.5 Å². The van der Waals surface area contributed by atoms with Gasteiger partial charge in [0.15, 0.2) is 0 Å². The van der Waals surface area contributed by atoms with E-state index in [0.29, 0.717) is 18.8 Å². The molecule has 0 N–H and O–H groups in total. The average molecular weight is 358 g/mol. The summed E-state index contributed by atoms with van der Waals surface area (Å²) in [6.07, 6.45) is 2.01. The second-order valence-corrected chi connectivity index (χ2v) is 7.50. The highest BCUT2D eigenvalue weighted by Gasteiger charge is 2.27. The summed E-state index contributed by atoms with van der Waals surface area (Å²) in [5, 5.41) is 2.06. The van der Waals surface area contributed by atoms with Crippen molar-refractivity contribution in [3.63, 3.8) is 0 Å². The second-order valence-electron chi connectivity index (χ2n) is 6.50. The van der Waals surface area contributed by atoms with E-state index in [-0.39, 0.29) is 30.5 Å². The van der Waals surface area contributed by atoms with Crippen LogP contribution >= 0.6 is 11.3 Å². The van der Waals surface area contributed by atoms with Crippen molar-refractivity contribution in [2.24, 2.45) is 0 Å². The van der Waals surface area contributed by atoms with E-state index in [2.05, 4.69) is 11.4 Å². The monoisotopic (exact) mass is 358 g/mol. The highest BCUT2D eigenvalue weighted by molar-refractivity contribution is 7.10. The summed E-state index contributed by atoms with van der Waals surface area (Å²) in [7, 11) is 0. The first-order valence-corrected chi connectivity index (χ1v) is 9.41. The van der Waals surface area contributed by atoms with Crippen LogP contribution in [0.25, 0.3) is 0 Å². The number of carbonyl (C=O) groups excluding carboxylic acids is 2. The maximum absolute atomic E-state index is 13.5. The Bertz CT molecular complexity index is 833. The van der Waals surface area contributed by atoms with E-state index in [1.54, 1.807) is 22.3 Å². The molecule has 2 aliphatic heterocycles. The normalized spacial score (nSPS) is 15.9. The van der Waals surface area contributed by atoms with Crippen LogP contribution < -0.4 is 4.90 Å². The van der Waals surface area contributed by atoms with E-state index < -0.39 is 0 Å². The zero-order valence-electron chi connectivity index (χ0n) is 13.8. The number of hydrogen-bond donors (Lipinski definition) is 0. The number of nitrogens with zero attached hydrogens (tertiary/aromatic N) is 2. The summed E-state index contributed by atoms with van der Waals surface area (Å²) in [4.78, 5) is 29.7. The van der Waals surface area contributed by atoms with Gasteiger partial charge in [0.25, 0.3) is 0 Å². The summed E-state index contributed by atoms with van der Waals surface area (Å²) in [5.74, 6) is -0.427. The Kier molecular flexibility index (Phi) is 4.29. The van der Waals surface area contributed by atoms with Crippen molar-refractivity contribution in [2.45, 2.75) is 32.2 Å². The predicted molar refractivity (Wildman–Crippen MR) is 95.1 cm³/mol. The minimum Gasteiger partial charge on any atom is -0.338 e. The fourth-order valence-corrected chi connectivity index (χ4v) is 4.47. The SMILES string of the molecule is O=C(CCC(=O)N1CCc2ccc(F)cc21)N1CCc2sccc2C1. The maximum atomic E-state index is 13.5. The second kappa shape index (κ2) is 6.59. The van der Waals surface area contributed by atoms with Crippen LogP contribution in [0.5, 0.6) is 0 Å². The Morgan fingerprint density at radius 2 is 1.88 bits per heavy atom. The minimum absolute atomic E-state index is 0.0175. The van der Waals surface area contributed by atoms with Crippen LogP contribution in [0.4, 0.5) is 10.1 Å². The molecule has 3 heterocycles. The highest BCUT2D eigenvalue weighted by atomic mass is 32.1. The molecule has 1 aromatic heterocycles. The van der Waals surface area contributed by atoms with Crippen LogP contribution in [0.15, 0.2) is 29.6 Å². The molecule has 25 heavy (non-hydrogen) atoms. The molecule has 0 bridgehead atoms. The first-order chi connectivity index (χ1) is 12.1. The molecule has 0 unspecified atom stereocenters. The smallest absolute Gasteiger partial charge is 0.227 e. The largest absolute Gasteiger partial charge is 0.338 e. The Labute approximate surface area is 149 Å². The summed E-state index contributed by atoms with van der Waals surface area (Å²) in [6, 6.07) is 6.63. The average Bonchev–Trinajstić information content (AvgIpc) is 3.24. The lowest BCUT2D eigenvalue weighted by atomic mass is 10.1. The van der Waals surface area contributed by atoms with Crippen molar-refractivity contribution in [2.75, 3.05) is 18.0 Å². The standard InChI is InChI=1S/C19H19FN2O2S/c20-15-2-1-13-5-9-22(16(13)11-15)19(24)4-3-18(23)21-8-6-17-14(12-21)7-10-25-17/h1-2,7,10-11H,3-6,8-9,12H2. The van der Waals surface area contributed by atoms with Crippen molar-refractivity contribution >= 4 is 28.8 Å². The molecule has 0 fully saturated rings. The van der Waals surface area contributed by atoms with Gasteiger partial charge in [0.05, 0.1) is 0 Å². The minimum atomic E-state index is -0.339. The van der Waals surface area contributed by atoms with E-state index >= 15 is 0 Å². The molecule has 0 atom stereocenters. The molecule has 0 saturated carbocycles. The molecular formula is C19H19FN2O2S. The molecule has 2 amide bonds. The van der Waals surface area contributed by atoms with Gasteiger partial charge in [-0.1, -0.05) is 6.07 Å². The van der Waals surface area contributed by atoms with Gasteiger partial charge in [-0.2, -0.15) is 0 Å². The molecule has 2 aliphatic rings. The number of fused-ring (bicyclic) bond motifs is 2. The summed E-state index contributed by atoms with van der Waals surface area (Å²) >= 11 is 1.74. The molecule has 130 valence electrons. The number of benzene rings is 1. The number of thiophene rings is 1. The fourth-order valence-electron chi connectivity index (χ4n) is 3.58. The van der Waals surface area contributed by atoms with Crippen LogP contribution in [0.1, 0.15) is 28.8 Å². The Balaban J connectivity index is 1.36. The number of halogens is 1. The lowest BCUT2D eigenvalue weighted by molar-refractivity contribution is -0.134. The van der Waals surface area contributed by atoms with E-state index in [4.69, 9.17) is 0 Å². The third-order valence-electron chi connectivity index (χ3n) is 4.96. The molecule has 6 heteroatoms. The molecule has 0 radical (unpaired) electrons. The van der Waals surface area contributed by atoms with Gasteiger partial charge in [-0.3, -0.25) is 9.59 Å². The van der Waals surface area contributed by atoms with Gasteiger partial charge in [0.2, 0.25) is 11.8 Å². The number of amides is 2. The Morgan fingerprint density at radius 3 is 2.76 bits per heavy atom. The number of rotatable bonds is 3. The first-order valence-electron chi connectivity index (χ1n) is 8.53. The highest BCUT2D eigenvalue weighted by Crippen LogP contribution is 2.29. The van der Waals surface area contributed by atoms with Crippen molar-refractivity contribution in [3.05, 3.63) is 51.5 Å². The van der Waals surface area contributed by atoms with E-state index in [0.717, 1.165) is 24.9 Å². The topological polar surface area (TPSA) is 40.6 Å². The van der Waals surface area contributed by atoms with Crippen LogP contribution in [0.3, 0.4) is 0 Å². The van der Waals surface area contributed by atoms with Crippen LogP contribution in [0.2, 0.25) is 0 Å². The number of anilines is 1. The molecule has 4 nitrogen and oxygen atoms in total. The number of carbonyl (C=O) groups is 2. The molecule has 4 rings (SSSR count). The molecule has 0 spiro atoms. The molecule has 2 aromatic rings. The summed E-state index contributed by atoms with van der Waals surface area (Å²) in [6.45, 7) is 1.93. The third-order valence-corrected chi connectivity index (χ3v) is 5.98. The van der Waals surface area contributed by atoms with E-state index in [9.17, 15) is 14.0 Å². The molecular weight excluding hydrogens is 339 g/mol. The maximum Gasteiger partial charge on any atom is 0.227 e. The predicted octanol–water partition coefficient (Wildman–Crippen LogP) is 3.14. The number of hydrogen-bond acceptors (Lipinski definition) is 3. The van der Waals surface area contributed by atoms with Crippen molar-refractivity contribution in [1.82, 2.24) is 4.90 Å². The van der Waals surface area contributed by atoms with Crippen molar-refractivity contribution in [3.8, 4) is 0 Å². The first kappa shape index (κ1) is 16.3. The zero-order chi connectivity index (χ0) is 17.4. The summed E-state index contributed by atoms with van der Waals surface area (Å²) < 4.78 is 13.5. The molecule has 0 saturated heterocycles.